The van der Waals surface area contributed by atoms with E-state index in [4.69, 9.17) is 0 Å². The molecule has 3 rings (SSSR count). The molecule has 4 nitrogen and oxygen atoms in total. The lowest BCUT2D eigenvalue weighted by Crippen LogP contribution is -2.26. The minimum Gasteiger partial charge on any atom is -0.365 e. The van der Waals surface area contributed by atoms with E-state index in [0.29, 0.717) is 6.04 Å². The van der Waals surface area contributed by atoms with Gasteiger partial charge in [-0.25, -0.2) is 9.97 Å². The van der Waals surface area contributed by atoms with Gasteiger partial charge in [0.15, 0.2) is 5.82 Å². The van der Waals surface area contributed by atoms with Gasteiger partial charge in [0.1, 0.15) is 5.52 Å². The SMILES string of the molecule is Cn1cnc2c(NC3CCCSC3)nccc21. The summed E-state index contributed by atoms with van der Waals surface area (Å²) in [5.74, 6) is 3.39. The number of anilines is 1. The smallest absolute Gasteiger partial charge is 0.154 e. The Balaban J connectivity index is 1.89. The largest absolute Gasteiger partial charge is 0.365 e. The molecule has 1 fully saturated rings. The molecular formula is C12H16N4S. The van der Waals surface area contributed by atoms with Crippen LogP contribution in [0.4, 0.5) is 5.82 Å². The minimum absolute atomic E-state index is 0.536. The number of aromatic nitrogens is 3. The molecule has 0 amide bonds. The second kappa shape index (κ2) is 4.56. The molecule has 1 aliphatic heterocycles. The monoisotopic (exact) mass is 248 g/mol. The number of rotatable bonds is 2. The highest BCUT2D eigenvalue weighted by Crippen LogP contribution is 2.23. The summed E-state index contributed by atoms with van der Waals surface area (Å²) in [5.41, 5.74) is 2.11. The fraction of sp³-hybridized carbons (Fsp3) is 0.500. The maximum absolute atomic E-state index is 4.42. The van der Waals surface area contributed by atoms with Crippen LogP contribution in [0.15, 0.2) is 18.6 Å². The van der Waals surface area contributed by atoms with Gasteiger partial charge in [-0.15, -0.1) is 0 Å². The highest BCUT2D eigenvalue weighted by Gasteiger charge is 2.16. The molecule has 90 valence electrons. The number of nitrogens with one attached hydrogen (secondary N) is 1. The topological polar surface area (TPSA) is 42.7 Å². The molecule has 17 heavy (non-hydrogen) atoms. The Labute approximate surface area is 105 Å². The van der Waals surface area contributed by atoms with Crippen LogP contribution < -0.4 is 5.32 Å². The lowest BCUT2D eigenvalue weighted by atomic mass is 10.2. The first-order valence-electron chi connectivity index (χ1n) is 5.95. The number of imidazole rings is 1. The minimum atomic E-state index is 0.536. The summed E-state index contributed by atoms with van der Waals surface area (Å²) >= 11 is 2.02. The molecule has 1 atom stereocenters. The van der Waals surface area contributed by atoms with E-state index in [1.54, 1.807) is 0 Å². The molecule has 5 heteroatoms. The van der Waals surface area contributed by atoms with Gasteiger partial charge in [-0.05, 0) is 24.7 Å². The van der Waals surface area contributed by atoms with Crippen LogP contribution in [0.2, 0.25) is 0 Å². The van der Waals surface area contributed by atoms with Crippen molar-refractivity contribution in [3.8, 4) is 0 Å². The number of hydrogen-bond donors (Lipinski definition) is 1. The summed E-state index contributed by atoms with van der Waals surface area (Å²) < 4.78 is 2.03. The molecule has 3 heterocycles. The molecular weight excluding hydrogens is 232 g/mol. The van der Waals surface area contributed by atoms with E-state index >= 15 is 0 Å². The van der Waals surface area contributed by atoms with E-state index < -0.39 is 0 Å². The Kier molecular flexibility index (Phi) is 2.93. The average Bonchev–Trinajstić information content (AvgIpc) is 2.74. The summed E-state index contributed by atoms with van der Waals surface area (Å²) in [4.78, 5) is 8.83. The van der Waals surface area contributed by atoms with Crippen LogP contribution in [0.3, 0.4) is 0 Å². The quantitative estimate of drug-likeness (QED) is 0.885. The highest BCUT2D eigenvalue weighted by atomic mass is 32.2. The van der Waals surface area contributed by atoms with Crippen LogP contribution in [0.1, 0.15) is 12.8 Å². The standard InChI is InChI=1S/C12H16N4S/c1-16-8-14-11-10(16)4-5-13-12(11)15-9-3-2-6-17-7-9/h4-5,8-9H,2-3,6-7H2,1H3,(H,13,15). The van der Waals surface area contributed by atoms with E-state index in [2.05, 4.69) is 15.3 Å². The van der Waals surface area contributed by atoms with Gasteiger partial charge in [0.05, 0.1) is 11.8 Å². The molecule has 1 N–H and O–H groups in total. The predicted octanol–water partition coefficient (Wildman–Crippen LogP) is 2.28. The number of nitrogens with zero attached hydrogens (tertiary/aromatic N) is 3. The molecule has 0 spiro atoms. The van der Waals surface area contributed by atoms with Crippen LogP contribution >= 0.6 is 11.8 Å². The van der Waals surface area contributed by atoms with E-state index in [1.807, 2.05) is 42.0 Å². The van der Waals surface area contributed by atoms with Crippen LogP contribution in [0.25, 0.3) is 11.0 Å². The van der Waals surface area contributed by atoms with Crippen molar-refractivity contribution in [2.45, 2.75) is 18.9 Å². The first-order chi connectivity index (χ1) is 8.34. The molecule has 0 radical (unpaired) electrons. The van der Waals surface area contributed by atoms with Crippen molar-refractivity contribution in [3.63, 3.8) is 0 Å². The molecule has 0 aliphatic carbocycles. The summed E-state index contributed by atoms with van der Waals surface area (Å²) in [6.45, 7) is 0. The third-order valence-corrected chi connectivity index (χ3v) is 4.36. The Bertz CT molecular complexity index is 516. The van der Waals surface area contributed by atoms with Gasteiger partial charge in [-0.2, -0.15) is 11.8 Å². The third-order valence-electron chi connectivity index (χ3n) is 3.14. The Morgan fingerprint density at radius 3 is 3.24 bits per heavy atom. The zero-order valence-electron chi connectivity index (χ0n) is 9.89. The molecule has 0 aromatic carbocycles. The number of fused-ring (bicyclic) bond motifs is 1. The molecule has 0 bridgehead atoms. The maximum atomic E-state index is 4.42. The summed E-state index contributed by atoms with van der Waals surface area (Å²) in [6.07, 6.45) is 6.22. The van der Waals surface area contributed by atoms with Crippen molar-refractivity contribution in [2.75, 3.05) is 16.8 Å². The normalized spacial score (nSPS) is 20.6. The van der Waals surface area contributed by atoms with Crippen LogP contribution in [0.5, 0.6) is 0 Å². The lowest BCUT2D eigenvalue weighted by Gasteiger charge is -2.22. The van der Waals surface area contributed by atoms with Crippen LogP contribution in [-0.4, -0.2) is 32.1 Å². The van der Waals surface area contributed by atoms with E-state index in [-0.39, 0.29) is 0 Å². The van der Waals surface area contributed by atoms with Gasteiger partial charge in [0, 0.05) is 25.0 Å². The number of aryl methyl sites for hydroxylation is 1. The van der Waals surface area contributed by atoms with Crippen molar-refractivity contribution < 1.29 is 0 Å². The van der Waals surface area contributed by atoms with E-state index in [9.17, 15) is 0 Å². The highest BCUT2D eigenvalue weighted by molar-refractivity contribution is 7.99. The average molecular weight is 248 g/mol. The Morgan fingerprint density at radius 2 is 2.41 bits per heavy atom. The van der Waals surface area contributed by atoms with Crippen molar-refractivity contribution in [3.05, 3.63) is 18.6 Å². The second-order valence-electron chi connectivity index (χ2n) is 4.44. The second-order valence-corrected chi connectivity index (χ2v) is 5.59. The van der Waals surface area contributed by atoms with Crippen LogP contribution in [0, 0.1) is 0 Å². The van der Waals surface area contributed by atoms with Crippen molar-refractivity contribution in [1.82, 2.24) is 14.5 Å². The molecule has 1 saturated heterocycles. The predicted molar refractivity (Wildman–Crippen MR) is 72.5 cm³/mol. The first-order valence-corrected chi connectivity index (χ1v) is 7.10. The molecule has 1 unspecified atom stereocenters. The Hall–Kier alpha value is -1.23. The molecule has 2 aromatic rings. The van der Waals surface area contributed by atoms with Crippen molar-refractivity contribution in [2.24, 2.45) is 7.05 Å². The van der Waals surface area contributed by atoms with Crippen molar-refractivity contribution >= 4 is 28.6 Å². The molecule has 2 aromatic heterocycles. The number of pyridine rings is 1. The van der Waals surface area contributed by atoms with Gasteiger partial charge in [-0.3, -0.25) is 0 Å². The van der Waals surface area contributed by atoms with E-state index in [0.717, 1.165) is 16.9 Å². The van der Waals surface area contributed by atoms with Gasteiger partial charge in [0.25, 0.3) is 0 Å². The third kappa shape index (κ3) is 2.11. The molecule has 1 aliphatic rings. The van der Waals surface area contributed by atoms with Gasteiger partial charge >= 0.3 is 0 Å². The Morgan fingerprint density at radius 1 is 1.47 bits per heavy atom. The van der Waals surface area contributed by atoms with Gasteiger partial charge < -0.3 is 9.88 Å². The summed E-state index contributed by atoms with van der Waals surface area (Å²) in [5, 5.41) is 3.53. The number of hydrogen-bond acceptors (Lipinski definition) is 4. The first kappa shape index (κ1) is 10.9. The van der Waals surface area contributed by atoms with Crippen LogP contribution in [-0.2, 0) is 7.05 Å². The zero-order valence-corrected chi connectivity index (χ0v) is 10.7. The summed E-state index contributed by atoms with van der Waals surface area (Å²) in [7, 11) is 2.01. The fourth-order valence-corrected chi connectivity index (χ4v) is 3.29. The maximum Gasteiger partial charge on any atom is 0.154 e. The lowest BCUT2D eigenvalue weighted by molar-refractivity contribution is 0.683. The van der Waals surface area contributed by atoms with Gasteiger partial charge in [-0.1, -0.05) is 0 Å². The fourth-order valence-electron chi connectivity index (χ4n) is 2.22. The zero-order chi connectivity index (χ0) is 11.7. The molecule has 0 saturated carbocycles. The van der Waals surface area contributed by atoms with Gasteiger partial charge in [0.2, 0.25) is 0 Å². The summed E-state index contributed by atoms with van der Waals surface area (Å²) in [6, 6.07) is 2.54. The van der Waals surface area contributed by atoms with E-state index in [1.165, 1.54) is 24.3 Å². The van der Waals surface area contributed by atoms with Crippen molar-refractivity contribution in [1.29, 1.82) is 0 Å². The number of thioether (sulfide) groups is 1.